The fraction of sp³-hybridized carbons (Fsp3) is 0.531. The second kappa shape index (κ2) is 18.6. The van der Waals surface area contributed by atoms with Crippen LogP contribution in [-0.2, 0) is 4.74 Å². The van der Waals surface area contributed by atoms with E-state index in [0.717, 1.165) is 65.9 Å². The molecule has 0 unspecified atom stereocenters. The monoisotopic (exact) mass is 530 g/mol. The van der Waals surface area contributed by atoms with Crippen LogP contribution in [0.4, 0.5) is 8.78 Å². The van der Waals surface area contributed by atoms with E-state index in [-0.39, 0.29) is 11.6 Å². The van der Waals surface area contributed by atoms with Crippen LogP contribution in [0.5, 0.6) is 0 Å². The van der Waals surface area contributed by atoms with Crippen LogP contribution in [0.1, 0.15) is 66.3 Å². The van der Waals surface area contributed by atoms with Crippen molar-refractivity contribution in [3.8, 4) is 0 Å². The van der Waals surface area contributed by atoms with Gasteiger partial charge in [0.05, 0.1) is 18.9 Å². The van der Waals surface area contributed by atoms with Gasteiger partial charge in [-0.05, 0) is 78.3 Å². The summed E-state index contributed by atoms with van der Waals surface area (Å²) in [6.07, 6.45) is 5.95. The molecule has 0 spiro atoms. The van der Waals surface area contributed by atoms with Crippen LogP contribution in [0.2, 0.25) is 0 Å². The molecule has 1 aromatic heterocycles. The lowest BCUT2D eigenvalue weighted by molar-refractivity contribution is 0.0503. The standard InChI is InChI=1S/C8H9F.C7H7F.C6H9NO.C6H12.C5H11NO/c1-6-3-4-8(9)7(2)5-6;1-6-2-4-7(8)5-3-6;1-4-5(2)7-8-6(4)3;1-6-4-2-3-5-6;1-6-2-4-7-5-3-6/h3-5H,1-2H3;2-5H,1H3;1-3H3;6H,2-5H2,1H3;2-5H2,1H3. The molecule has 0 radical (unpaired) electrons. The van der Waals surface area contributed by atoms with Gasteiger partial charge in [0.2, 0.25) is 0 Å². The summed E-state index contributed by atoms with van der Waals surface area (Å²) in [5, 5.41) is 3.74. The topological polar surface area (TPSA) is 38.5 Å². The largest absolute Gasteiger partial charge is 0.379 e. The van der Waals surface area contributed by atoms with E-state index in [1.54, 1.807) is 25.1 Å². The van der Waals surface area contributed by atoms with E-state index in [1.165, 1.54) is 43.9 Å². The number of aryl methyl sites for hydroxylation is 5. The van der Waals surface area contributed by atoms with Crippen molar-refractivity contribution in [2.75, 3.05) is 33.4 Å². The zero-order valence-electron chi connectivity index (χ0n) is 24.7. The number of likely N-dealkylation sites (N-methyl/N-ethyl adjacent to an activating group) is 1. The van der Waals surface area contributed by atoms with Gasteiger partial charge in [-0.25, -0.2) is 8.78 Å². The molecular weight excluding hydrogens is 482 g/mol. The zero-order chi connectivity index (χ0) is 28.5. The summed E-state index contributed by atoms with van der Waals surface area (Å²) >= 11 is 0. The number of hydrogen-bond acceptors (Lipinski definition) is 4. The van der Waals surface area contributed by atoms with Gasteiger partial charge < -0.3 is 14.2 Å². The van der Waals surface area contributed by atoms with Gasteiger partial charge >= 0.3 is 0 Å². The summed E-state index contributed by atoms with van der Waals surface area (Å²) in [4.78, 5) is 2.27. The van der Waals surface area contributed by atoms with E-state index in [2.05, 4.69) is 24.0 Å². The fourth-order valence-corrected chi connectivity index (χ4v) is 3.64. The van der Waals surface area contributed by atoms with Gasteiger partial charge in [-0.15, -0.1) is 0 Å². The van der Waals surface area contributed by atoms with E-state index in [4.69, 9.17) is 9.26 Å². The molecule has 0 atom stereocenters. The molecule has 2 aromatic carbocycles. The van der Waals surface area contributed by atoms with Crippen LogP contribution in [-0.4, -0.2) is 43.4 Å². The quantitative estimate of drug-likeness (QED) is 0.293. The number of morpholine rings is 1. The van der Waals surface area contributed by atoms with Gasteiger partial charge in [0.25, 0.3) is 0 Å². The minimum Gasteiger partial charge on any atom is -0.379 e. The first-order valence-corrected chi connectivity index (χ1v) is 13.6. The lowest BCUT2D eigenvalue weighted by Gasteiger charge is -2.21. The van der Waals surface area contributed by atoms with Crippen molar-refractivity contribution < 1.29 is 18.0 Å². The Kier molecular flexibility index (Phi) is 16.4. The molecule has 0 bridgehead atoms. The molecule has 1 aliphatic carbocycles. The maximum atomic E-state index is 12.5. The maximum Gasteiger partial charge on any atom is 0.136 e. The number of nitrogens with zero attached hydrogens (tertiary/aromatic N) is 2. The molecule has 0 N–H and O–H groups in total. The molecule has 1 aliphatic heterocycles. The van der Waals surface area contributed by atoms with E-state index in [9.17, 15) is 8.78 Å². The van der Waals surface area contributed by atoms with E-state index in [1.807, 2.05) is 40.7 Å². The van der Waals surface area contributed by atoms with Crippen LogP contribution in [0.3, 0.4) is 0 Å². The first kappa shape index (κ1) is 33.5. The highest BCUT2D eigenvalue weighted by atomic mass is 19.1. The third-order valence-electron chi connectivity index (χ3n) is 6.59. The summed E-state index contributed by atoms with van der Waals surface area (Å²) in [7, 11) is 2.11. The average molecular weight is 531 g/mol. The lowest BCUT2D eigenvalue weighted by Crippen LogP contribution is -2.32. The Morgan fingerprint density at radius 3 is 1.66 bits per heavy atom. The average Bonchev–Trinajstić information content (AvgIpc) is 3.49. The number of hydrogen-bond donors (Lipinski definition) is 0. The maximum absolute atomic E-state index is 12.5. The summed E-state index contributed by atoms with van der Waals surface area (Å²) in [6, 6.07) is 11.5. The molecule has 1 saturated heterocycles. The van der Waals surface area contributed by atoms with Crippen LogP contribution in [0.15, 0.2) is 47.0 Å². The summed E-state index contributed by atoms with van der Waals surface area (Å²) in [5.41, 5.74) is 5.06. The van der Waals surface area contributed by atoms with E-state index >= 15 is 0 Å². The van der Waals surface area contributed by atoms with Crippen LogP contribution < -0.4 is 0 Å². The van der Waals surface area contributed by atoms with Crippen molar-refractivity contribution in [2.45, 2.75) is 74.1 Å². The van der Waals surface area contributed by atoms with Crippen LogP contribution in [0, 0.1) is 59.1 Å². The summed E-state index contributed by atoms with van der Waals surface area (Å²) in [5.74, 6) is 1.67. The van der Waals surface area contributed by atoms with Crippen LogP contribution >= 0.6 is 0 Å². The smallest absolute Gasteiger partial charge is 0.136 e. The van der Waals surface area contributed by atoms with E-state index < -0.39 is 0 Å². The van der Waals surface area contributed by atoms with Gasteiger partial charge in [0.15, 0.2) is 0 Å². The Morgan fingerprint density at radius 2 is 1.37 bits per heavy atom. The Hall–Kier alpha value is -2.57. The van der Waals surface area contributed by atoms with E-state index in [0.29, 0.717) is 0 Å². The summed E-state index contributed by atoms with van der Waals surface area (Å²) < 4.78 is 34.5. The highest BCUT2D eigenvalue weighted by Crippen LogP contribution is 2.23. The molecule has 6 heteroatoms. The van der Waals surface area contributed by atoms with Crippen molar-refractivity contribution in [3.63, 3.8) is 0 Å². The molecule has 0 amide bonds. The number of benzene rings is 2. The molecule has 4 nitrogen and oxygen atoms in total. The molecule has 2 aliphatic rings. The fourth-order valence-electron chi connectivity index (χ4n) is 3.64. The first-order valence-electron chi connectivity index (χ1n) is 13.6. The second-order valence-corrected chi connectivity index (χ2v) is 10.3. The molecule has 2 heterocycles. The predicted molar refractivity (Wildman–Crippen MR) is 154 cm³/mol. The van der Waals surface area contributed by atoms with Gasteiger partial charge in [-0.1, -0.05) is 73.2 Å². The van der Waals surface area contributed by atoms with Gasteiger partial charge in [0, 0.05) is 18.7 Å². The normalized spacial score (nSPS) is 15.0. The highest BCUT2D eigenvalue weighted by Gasteiger charge is 2.07. The Bertz CT molecular complexity index is 982. The molecule has 38 heavy (non-hydrogen) atoms. The molecule has 212 valence electrons. The second-order valence-electron chi connectivity index (χ2n) is 10.3. The van der Waals surface area contributed by atoms with Crippen molar-refractivity contribution in [3.05, 3.63) is 87.8 Å². The summed E-state index contributed by atoms with van der Waals surface area (Å²) in [6.45, 7) is 17.9. The molecular formula is C32H48F2N2O2. The Morgan fingerprint density at radius 1 is 0.816 bits per heavy atom. The third kappa shape index (κ3) is 15.0. The minimum absolute atomic E-state index is 0.124. The Balaban J connectivity index is 0.000000239. The minimum atomic E-state index is -0.171. The zero-order valence-corrected chi connectivity index (χ0v) is 24.7. The van der Waals surface area contributed by atoms with Gasteiger partial charge in [-0.3, -0.25) is 0 Å². The van der Waals surface area contributed by atoms with Gasteiger partial charge in [-0.2, -0.15) is 0 Å². The highest BCUT2D eigenvalue weighted by molar-refractivity contribution is 5.22. The van der Waals surface area contributed by atoms with Crippen molar-refractivity contribution in [1.82, 2.24) is 10.1 Å². The molecule has 1 saturated carbocycles. The lowest BCUT2D eigenvalue weighted by atomic mass is 10.1. The number of aromatic nitrogens is 1. The number of rotatable bonds is 0. The predicted octanol–water partition coefficient (Wildman–Crippen LogP) is 8.32. The third-order valence-corrected chi connectivity index (χ3v) is 6.59. The number of ether oxygens (including phenoxy) is 1. The SMILES string of the molecule is CC1CCCC1.CN1CCOCC1.Cc1ccc(F)c(C)c1.Cc1ccc(F)cc1.Cc1noc(C)c1C. The molecule has 3 aromatic rings. The van der Waals surface area contributed by atoms with Crippen molar-refractivity contribution in [1.29, 1.82) is 0 Å². The molecule has 2 fully saturated rings. The molecule has 5 rings (SSSR count). The van der Waals surface area contributed by atoms with Crippen molar-refractivity contribution in [2.24, 2.45) is 5.92 Å². The van der Waals surface area contributed by atoms with Gasteiger partial charge in [0.1, 0.15) is 17.4 Å². The van der Waals surface area contributed by atoms with Crippen molar-refractivity contribution >= 4 is 0 Å². The number of halogens is 2. The first-order chi connectivity index (χ1) is 18.0. The Labute approximate surface area is 229 Å². The van der Waals surface area contributed by atoms with Crippen LogP contribution in [0.25, 0.3) is 0 Å².